The van der Waals surface area contributed by atoms with Crippen molar-refractivity contribution in [3.05, 3.63) is 70.8 Å². The summed E-state index contributed by atoms with van der Waals surface area (Å²) in [6, 6.07) is 12.6. The standard InChI is InChI=1S/C21H16N4O3/c26-20-10-15-6-13-2-1-11(22-13)5-12-3-4-14(23-12)8-18-17(21(27)28)7-16(24-18)9-19(20)25-15/h1-2,5-9,22,24H,3-4,10H2,(H,27,28). The summed E-state index contributed by atoms with van der Waals surface area (Å²) in [6.45, 7) is 0. The van der Waals surface area contributed by atoms with Gasteiger partial charge in [-0.05, 0) is 55.3 Å². The SMILES string of the molecule is O=C1Cc2cc3ccc(cc4nc(cc5[nH]c(cc1n2)cc5C(=O)O)CC4)[nH]3. The quantitative estimate of drug-likeness (QED) is 0.607. The van der Waals surface area contributed by atoms with Crippen LogP contribution in [0.25, 0.3) is 22.1 Å². The summed E-state index contributed by atoms with van der Waals surface area (Å²) in [5, 5.41) is 9.53. The Bertz CT molecular complexity index is 1300. The Morgan fingerprint density at radius 1 is 0.857 bits per heavy atom. The Balaban J connectivity index is 1.86. The zero-order valence-electron chi connectivity index (χ0n) is 14.8. The molecule has 5 heterocycles. The van der Waals surface area contributed by atoms with Crippen molar-refractivity contribution in [3.8, 4) is 0 Å². The van der Waals surface area contributed by atoms with Crippen molar-refractivity contribution in [3.63, 3.8) is 0 Å². The van der Waals surface area contributed by atoms with Crippen molar-refractivity contribution >= 4 is 33.8 Å². The van der Waals surface area contributed by atoms with E-state index in [0.717, 1.165) is 35.3 Å². The molecule has 3 aromatic heterocycles. The summed E-state index contributed by atoms with van der Waals surface area (Å²) in [6.07, 6.45) is 1.76. The van der Waals surface area contributed by atoms with Gasteiger partial charge in [0.15, 0.2) is 5.78 Å². The highest BCUT2D eigenvalue weighted by Gasteiger charge is 2.17. The van der Waals surface area contributed by atoms with Crippen LogP contribution in [0.4, 0.5) is 0 Å². The van der Waals surface area contributed by atoms with Crippen molar-refractivity contribution < 1.29 is 14.7 Å². The molecule has 3 N–H and O–H groups in total. The monoisotopic (exact) mass is 372 g/mol. The number of hydrogen-bond donors (Lipinski definition) is 3. The van der Waals surface area contributed by atoms with Crippen molar-refractivity contribution in [2.24, 2.45) is 0 Å². The van der Waals surface area contributed by atoms with Gasteiger partial charge >= 0.3 is 5.97 Å². The molecule has 7 nitrogen and oxygen atoms in total. The molecule has 5 rings (SSSR count). The first-order valence-corrected chi connectivity index (χ1v) is 8.99. The number of aromatic nitrogens is 4. The minimum atomic E-state index is -1.03. The zero-order valence-corrected chi connectivity index (χ0v) is 14.8. The number of ketones is 1. The number of rotatable bonds is 1. The van der Waals surface area contributed by atoms with Gasteiger partial charge in [-0.2, -0.15) is 0 Å². The number of H-pyrrole nitrogens is 2. The lowest BCUT2D eigenvalue weighted by Gasteiger charge is -1.89. The van der Waals surface area contributed by atoms with E-state index in [1.54, 1.807) is 12.1 Å². The van der Waals surface area contributed by atoms with Crippen LogP contribution in [-0.2, 0) is 19.3 Å². The normalized spacial score (nSPS) is 13.6. The van der Waals surface area contributed by atoms with Crippen molar-refractivity contribution in [2.45, 2.75) is 19.3 Å². The first-order valence-electron chi connectivity index (χ1n) is 8.99. The summed E-state index contributed by atoms with van der Waals surface area (Å²) >= 11 is 0. The number of carbonyl (C=O) groups excluding carboxylic acids is 1. The fourth-order valence-corrected chi connectivity index (χ4v) is 3.60. The Morgan fingerprint density at radius 3 is 2.32 bits per heavy atom. The van der Waals surface area contributed by atoms with E-state index < -0.39 is 5.97 Å². The van der Waals surface area contributed by atoms with E-state index in [2.05, 4.69) is 19.9 Å². The molecule has 8 bridgehead atoms. The van der Waals surface area contributed by atoms with Gasteiger partial charge in [0.25, 0.3) is 0 Å². The molecule has 0 spiro atoms. The van der Waals surface area contributed by atoms with Gasteiger partial charge in [-0.1, -0.05) is 0 Å². The number of nitrogens with one attached hydrogen (secondary N) is 2. The third kappa shape index (κ3) is 2.96. The van der Waals surface area contributed by atoms with Crippen LogP contribution in [0.1, 0.15) is 37.9 Å². The maximum Gasteiger partial charge on any atom is 0.337 e. The van der Waals surface area contributed by atoms with Crippen LogP contribution in [0.3, 0.4) is 0 Å². The number of aromatic carboxylic acids is 1. The average molecular weight is 372 g/mol. The largest absolute Gasteiger partial charge is 0.478 e. The lowest BCUT2D eigenvalue weighted by atomic mass is 10.2. The van der Waals surface area contributed by atoms with Crippen LogP contribution in [0.2, 0.25) is 0 Å². The minimum absolute atomic E-state index is 0.0927. The molecule has 138 valence electrons. The van der Waals surface area contributed by atoms with Gasteiger partial charge in [-0.25, -0.2) is 9.78 Å². The number of Topliss-reactive ketones (excluding diaryl/α,β-unsaturated/α-hetero) is 1. The van der Waals surface area contributed by atoms with E-state index in [1.807, 2.05) is 24.3 Å². The lowest BCUT2D eigenvalue weighted by Crippen LogP contribution is -1.94. The van der Waals surface area contributed by atoms with Gasteiger partial charge in [0.05, 0.1) is 23.2 Å². The Hall–Kier alpha value is -3.74. The van der Waals surface area contributed by atoms with Crippen molar-refractivity contribution in [2.75, 3.05) is 0 Å². The fraction of sp³-hybridized carbons (Fsp3) is 0.143. The molecule has 0 amide bonds. The van der Waals surface area contributed by atoms with Crippen LogP contribution >= 0.6 is 0 Å². The molecular weight excluding hydrogens is 356 g/mol. The molecular formula is C21H16N4O3. The maximum absolute atomic E-state index is 12.3. The van der Waals surface area contributed by atoms with Crippen LogP contribution in [0.5, 0.6) is 0 Å². The predicted octanol–water partition coefficient (Wildman–Crippen LogP) is 3.22. The first kappa shape index (κ1) is 16.4. The Kier molecular flexibility index (Phi) is 3.61. The summed E-state index contributed by atoms with van der Waals surface area (Å²) < 4.78 is 0. The fourth-order valence-electron chi connectivity index (χ4n) is 3.60. The van der Waals surface area contributed by atoms with E-state index in [1.165, 1.54) is 6.07 Å². The number of aromatic amines is 2. The smallest absolute Gasteiger partial charge is 0.337 e. The highest BCUT2D eigenvalue weighted by atomic mass is 16.4. The number of fused-ring (bicyclic) bond motifs is 8. The van der Waals surface area contributed by atoms with Crippen molar-refractivity contribution in [1.29, 1.82) is 0 Å². The molecule has 0 saturated carbocycles. The van der Waals surface area contributed by atoms with Gasteiger partial charge < -0.3 is 15.1 Å². The number of carbonyl (C=O) groups is 2. The van der Waals surface area contributed by atoms with Crippen LogP contribution in [0.15, 0.2) is 42.5 Å². The molecule has 0 radical (unpaired) electrons. The van der Waals surface area contributed by atoms with E-state index >= 15 is 0 Å². The number of nitrogens with zero attached hydrogens (tertiary/aromatic N) is 2. The first-order chi connectivity index (χ1) is 13.5. The van der Waals surface area contributed by atoms with Gasteiger partial charge in [-0.15, -0.1) is 0 Å². The molecule has 0 atom stereocenters. The predicted molar refractivity (Wildman–Crippen MR) is 103 cm³/mol. The maximum atomic E-state index is 12.3. The summed E-state index contributed by atoms with van der Waals surface area (Å²) in [5.74, 6) is -1.13. The molecule has 2 aliphatic rings. The Morgan fingerprint density at radius 2 is 1.57 bits per heavy atom. The molecule has 0 unspecified atom stereocenters. The summed E-state index contributed by atoms with van der Waals surface area (Å²) in [5.41, 5.74) is 5.67. The highest BCUT2D eigenvalue weighted by Crippen LogP contribution is 2.19. The van der Waals surface area contributed by atoms with E-state index in [4.69, 9.17) is 0 Å². The molecule has 2 aliphatic heterocycles. The number of aryl methyl sites for hydroxylation is 2. The van der Waals surface area contributed by atoms with E-state index in [0.29, 0.717) is 22.4 Å². The topological polar surface area (TPSA) is 112 Å². The second-order valence-corrected chi connectivity index (χ2v) is 6.99. The minimum Gasteiger partial charge on any atom is -0.478 e. The molecule has 0 saturated heterocycles. The highest BCUT2D eigenvalue weighted by molar-refractivity contribution is 6.00. The third-order valence-corrected chi connectivity index (χ3v) is 4.89. The second-order valence-electron chi connectivity index (χ2n) is 6.99. The molecule has 0 aliphatic carbocycles. The molecule has 28 heavy (non-hydrogen) atoms. The van der Waals surface area contributed by atoms with Gasteiger partial charge in [0, 0.05) is 27.9 Å². The summed E-state index contributed by atoms with van der Waals surface area (Å²) in [7, 11) is 0. The molecule has 3 aromatic rings. The Labute approximate surface area is 159 Å². The van der Waals surface area contributed by atoms with Gasteiger partial charge in [-0.3, -0.25) is 9.78 Å². The number of hydrogen-bond acceptors (Lipinski definition) is 4. The molecule has 0 fully saturated rings. The second kappa shape index (κ2) is 6.16. The number of carboxylic acid groups (broad SMARTS) is 1. The lowest BCUT2D eigenvalue weighted by molar-refractivity contribution is 0.0699. The van der Waals surface area contributed by atoms with E-state index in [9.17, 15) is 14.7 Å². The van der Waals surface area contributed by atoms with Gasteiger partial charge in [0.2, 0.25) is 0 Å². The van der Waals surface area contributed by atoms with Crippen LogP contribution in [-0.4, -0.2) is 36.8 Å². The van der Waals surface area contributed by atoms with Gasteiger partial charge in [0.1, 0.15) is 5.69 Å². The van der Waals surface area contributed by atoms with Crippen LogP contribution in [0, 0.1) is 0 Å². The average Bonchev–Trinajstić information content (AvgIpc) is 3.40. The van der Waals surface area contributed by atoms with Crippen molar-refractivity contribution in [1.82, 2.24) is 19.9 Å². The van der Waals surface area contributed by atoms with Crippen LogP contribution < -0.4 is 0 Å². The summed E-state index contributed by atoms with van der Waals surface area (Å²) in [4.78, 5) is 39.4. The molecule has 0 aromatic carbocycles. The zero-order chi connectivity index (χ0) is 19.3. The third-order valence-electron chi connectivity index (χ3n) is 4.89. The number of carboxylic acids is 1. The van der Waals surface area contributed by atoms with E-state index in [-0.39, 0.29) is 17.8 Å². The molecule has 7 heteroatoms.